The molecule has 3 rings (SSSR count). The highest BCUT2D eigenvalue weighted by molar-refractivity contribution is 5.83. The molecule has 1 atom stereocenters. The van der Waals surface area contributed by atoms with E-state index in [2.05, 4.69) is 48.4 Å². The summed E-state index contributed by atoms with van der Waals surface area (Å²) < 4.78 is 5.53. The lowest BCUT2D eigenvalue weighted by Gasteiger charge is -2.36. The van der Waals surface area contributed by atoms with Crippen molar-refractivity contribution in [2.24, 2.45) is 5.41 Å². The van der Waals surface area contributed by atoms with Gasteiger partial charge in [0.15, 0.2) is 0 Å². The van der Waals surface area contributed by atoms with Crippen molar-refractivity contribution < 1.29 is 9.53 Å². The van der Waals surface area contributed by atoms with Crippen molar-refractivity contribution in [3.63, 3.8) is 0 Å². The maximum Gasteiger partial charge on any atom is 0.226 e. The standard InChI is InChI=1S/C22H28N2O2/c1-3-17(2)24-21(25)22(10-14-26-15-11-22)16-18-4-6-19(7-5-18)20-8-12-23-13-9-20/h4-9,12-13,17H,3,10-11,14-16H2,1-2H3,(H,24,25)/t17-/m0/s1. The Bertz CT molecular complexity index is 707. The Balaban J connectivity index is 1.77. The van der Waals surface area contributed by atoms with E-state index in [0.29, 0.717) is 13.2 Å². The molecule has 1 aliphatic rings. The molecule has 1 aromatic heterocycles. The highest BCUT2D eigenvalue weighted by Gasteiger charge is 2.40. The normalized spacial score (nSPS) is 17.5. The van der Waals surface area contributed by atoms with Crippen molar-refractivity contribution in [2.75, 3.05) is 13.2 Å². The van der Waals surface area contributed by atoms with E-state index in [9.17, 15) is 4.79 Å². The van der Waals surface area contributed by atoms with Gasteiger partial charge in [-0.15, -0.1) is 0 Å². The van der Waals surface area contributed by atoms with Gasteiger partial charge in [-0.3, -0.25) is 9.78 Å². The molecule has 26 heavy (non-hydrogen) atoms. The van der Waals surface area contributed by atoms with Gasteiger partial charge in [0, 0.05) is 31.6 Å². The van der Waals surface area contributed by atoms with Crippen molar-refractivity contribution in [3.8, 4) is 11.1 Å². The van der Waals surface area contributed by atoms with E-state index in [0.717, 1.165) is 31.2 Å². The number of hydrogen-bond acceptors (Lipinski definition) is 3. The molecule has 2 heterocycles. The van der Waals surface area contributed by atoms with Crippen molar-refractivity contribution in [2.45, 2.75) is 45.6 Å². The molecule has 1 fully saturated rings. The van der Waals surface area contributed by atoms with E-state index in [1.807, 2.05) is 12.1 Å². The van der Waals surface area contributed by atoms with Crippen LogP contribution in [0.1, 0.15) is 38.7 Å². The van der Waals surface area contributed by atoms with Crippen LogP contribution in [0.2, 0.25) is 0 Å². The SMILES string of the molecule is CC[C@H](C)NC(=O)C1(Cc2ccc(-c3ccncc3)cc2)CCOCC1. The van der Waals surface area contributed by atoms with Crippen LogP contribution in [0.25, 0.3) is 11.1 Å². The van der Waals surface area contributed by atoms with E-state index < -0.39 is 0 Å². The van der Waals surface area contributed by atoms with Gasteiger partial charge in [0.05, 0.1) is 5.41 Å². The second kappa shape index (κ2) is 8.45. The van der Waals surface area contributed by atoms with E-state index in [1.165, 1.54) is 11.1 Å². The lowest BCUT2D eigenvalue weighted by Crippen LogP contribution is -2.48. The Kier molecular flexibility index (Phi) is 6.04. The van der Waals surface area contributed by atoms with E-state index >= 15 is 0 Å². The lowest BCUT2D eigenvalue weighted by atomic mass is 9.74. The summed E-state index contributed by atoms with van der Waals surface area (Å²) in [6, 6.07) is 12.8. The first-order chi connectivity index (χ1) is 12.6. The third kappa shape index (κ3) is 4.31. The highest BCUT2D eigenvalue weighted by Crippen LogP contribution is 2.35. The molecular formula is C22H28N2O2. The summed E-state index contributed by atoms with van der Waals surface area (Å²) in [7, 11) is 0. The number of ether oxygens (including phenoxy) is 1. The largest absolute Gasteiger partial charge is 0.381 e. The Labute approximate surface area is 156 Å². The molecule has 0 spiro atoms. The Morgan fingerprint density at radius 2 is 1.73 bits per heavy atom. The zero-order valence-corrected chi connectivity index (χ0v) is 15.7. The molecule has 138 valence electrons. The summed E-state index contributed by atoms with van der Waals surface area (Å²) in [5.41, 5.74) is 3.16. The number of carbonyl (C=O) groups is 1. The van der Waals surface area contributed by atoms with Crippen LogP contribution in [0.4, 0.5) is 0 Å². The molecule has 0 bridgehead atoms. The van der Waals surface area contributed by atoms with Gasteiger partial charge in [-0.25, -0.2) is 0 Å². The lowest BCUT2D eigenvalue weighted by molar-refractivity contribution is -0.137. The number of nitrogens with zero attached hydrogens (tertiary/aromatic N) is 1. The molecule has 0 unspecified atom stereocenters. The summed E-state index contributed by atoms with van der Waals surface area (Å²) in [6.07, 6.45) is 6.87. The molecule has 4 nitrogen and oxygen atoms in total. The number of aromatic nitrogens is 1. The number of amides is 1. The first kappa shape index (κ1) is 18.6. The van der Waals surface area contributed by atoms with Gasteiger partial charge in [0.2, 0.25) is 5.91 Å². The van der Waals surface area contributed by atoms with Gasteiger partial charge < -0.3 is 10.1 Å². The smallest absolute Gasteiger partial charge is 0.226 e. The fourth-order valence-electron chi connectivity index (χ4n) is 3.48. The summed E-state index contributed by atoms with van der Waals surface area (Å²) in [5, 5.41) is 3.20. The van der Waals surface area contributed by atoms with Crippen molar-refractivity contribution in [3.05, 3.63) is 54.4 Å². The molecule has 0 saturated carbocycles. The van der Waals surface area contributed by atoms with Crippen LogP contribution in [0.5, 0.6) is 0 Å². The highest BCUT2D eigenvalue weighted by atomic mass is 16.5. The van der Waals surface area contributed by atoms with E-state index in [-0.39, 0.29) is 17.4 Å². The van der Waals surface area contributed by atoms with Crippen LogP contribution in [0, 0.1) is 5.41 Å². The number of benzene rings is 1. The molecule has 1 aromatic carbocycles. The zero-order valence-electron chi connectivity index (χ0n) is 15.7. The third-order valence-corrected chi connectivity index (χ3v) is 5.43. The molecule has 4 heteroatoms. The third-order valence-electron chi connectivity index (χ3n) is 5.43. The minimum absolute atomic E-state index is 0.174. The van der Waals surface area contributed by atoms with Crippen LogP contribution in [0.15, 0.2) is 48.8 Å². The second-order valence-electron chi connectivity index (χ2n) is 7.29. The summed E-state index contributed by atoms with van der Waals surface area (Å²) in [6.45, 7) is 5.47. The number of hydrogen-bond donors (Lipinski definition) is 1. The number of carbonyl (C=O) groups excluding carboxylic acids is 1. The first-order valence-electron chi connectivity index (χ1n) is 9.51. The van der Waals surface area contributed by atoms with Crippen LogP contribution in [0.3, 0.4) is 0 Å². The van der Waals surface area contributed by atoms with E-state index in [4.69, 9.17) is 4.74 Å². The number of nitrogens with one attached hydrogen (secondary N) is 1. The topological polar surface area (TPSA) is 51.2 Å². The van der Waals surface area contributed by atoms with Crippen LogP contribution in [-0.2, 0) is 16.0 Å². The molecule has 1 amide bonds. The van der Waals surface area contributed by atoms with Crippen molar-refractivity contribution >= 4 is 5.91 Å². The zero-order chi connectivity index (χ0) is 18.4. The second-order valence-corrected chi connectivity index (χ2v) is 7.29. The first-order valence-corrected chi connectivity index (χ1v) is 9.51. The summed E-state index contributed by atoms with van der Waals surface area (Å²) in [4.78, 5) is 17.1. The molecule has 1 N–H and O–H groups in total. The maximum absolute atomic E-state index is 13.0. The Morgan fingerprint density at radius 1 is 1.12 bits per heavy atom. The number of pyridine rings is 1. The van der Waals surface area contributed by atoms with Gasteiger partial charge in [0.1, 0.15) is 0 Å². The average Bonchev–Trinajstić information content (AvgIpc) is 2.70. The predicted molar refractivity (Wildman–Crippen MR) is 104 cm³/mol. The molecular weight excluding hydrogens is 324 g/mol. The van der Waals surface area contributed by atoms with E-state index in [1.54, 1.807) is 12.4 Å². The van der Waals surface area contributed by atoms with Crippen molar-refractivity contribution in [1.82, 2.24) is 10.3 Å². The number of rotatable bonds is 6. The molecule has 0 radical (unpaired) electrons. The molecule has 1 aliphatic heterocycles. The maximum atomic E-state index is 13.0. The van der Waals surface area contributed by atoms with Crippen LogP contribution in [-0.4, -0.2) is 30.1 Å². The monoisotopic (exact) mass is 352 g/mol. The predicted octanol–water partition coefficient (Wildman–Crippen LogP) is 4.00. The van der Waals surface area contributed by atoms with Crippen molar-refractivity contribution in [1.29, 1.82) is 0 Å². The average molecular weight is 352 g/mol. The summed E-state index contributed by atoms with van der Waals surface area (Å²) in [5.74, 6) is 0.174. The molecule has 0 aliphatic carbocycles. The fraction of sp³-hybridized carbons (Fsp3) is 0.455. The Hall–Kier alpha value is -2.20. The van der Waals surface area contributed by atoms with Gasteiger partial charge >= 0.3 is 0 Å². The van der Waals surface area contributed by atoms with Crippen LogP contribution < -0.4 is 5.32 Å². The molecule has 2 aromatic rings. The van der Waals surface area contributed by atoms with Gasteiger partial charge in [-0.2, -0.15) is 0 Å². The van der Waals surface area contributed by atoms with Crippen LogP contribution >= 0.6 is 0 Å². The van der Waals surface area contributed by atoms with Gasteiger partial charge in [0.25, 0.3) is 0 Å². The fourth-order valence-corrected chi connectivity index (χ4v) is 3.48. The molecule has 1 saturated heterocycles. The summed E-state index contributed by atoms with van der Waals surface area (Å²) >= 11 is 0. The van der Waals surface area contributed by atoms with Gasteiger partial charge in [-0.05, 0) is 61.4 Å². The Morgan fingerprint density at radius 3 is 2.35 bits per heavy atom. The van der Waals surface area contributed by atoms with Gasteiger partial charge in [-0.1, -0.05) is 31.2 Å². The minimum Gasteiger partial charge on any atom is -0.381 e. The minimum atomic E-state index is -0.361. The quantitative estimate of drug-likeness (QED) is 0.855.